The number of nitrogens with two attached hydrogens (primary N) is 1. The van der Waals surface area contributed by atoms with Gasteiger partial charge in [-0.15, -0.1) is 0 Å². The Morgan fingerprint density at radius 3 is 2.59 bits per heavy atom. The fraction of sp³-hybridized carbons (Fsp3) is 0.226. The highest BCUT2D eigenvalue weighted by Crippen LogP contribution is 2.49. The van der Waals surface area contributed by atoms with Gasteiger partial charge in [0.15, 0.2) is 5.78 Å². The summed E-state index contributed by atoms with van der Waals surface area (Å²) in [6.07, 6.45) is 1.73. The number of aryl methyl sites for hydroxylation is 1. The van der Waals surface area contributed by atoms with Gasteiger partial charge in [0.25, 0.3) is 0 Å². The van der Waals surface area contributed by atoms with Crippen molar-refractivity contribution in [1.29, 1.82) is 5.26 Å². The van der Waals surface area contributed by atoms with E-state index in [4.69, 9.17) is 33.7 Å². The highest BCUT2D eigenvalue weighted by molar-refractivity contribution is 9.10. The second-order valence-corrected chi connectivity index (χ2v) is 11.5. The summed E-state index contributed by atoms with van der Waals surface area (Å²) in [6.45, 7) is 4.36. The van der Waals surface area contributed by atoms with Gasteiger partial charge in [-0.05, 0) is 79.8 Å². The van der Waals surface area contributed by atoms with Crippen LogP contribution in [0.25, 0.3) is 0 Å². The molecule has 8 heteroatoms. The Bertz CT molecular complexity index is 1590. The van der Waals surface area contributed by atoms with Crippen LogP contribution in [0, 0.1) is 25.2 Å². The van der Waals surface area contributed by atoms with E-state index in [0.717, 1.165) is 38.2 Å². The Balaban J connectivity index is 1.65. The molecule has 2 aliphatic rings. The molecule has 0 spiro atoms. The van der Waals surface area contributed by atoms with Crippen LogP contribution in [0.3, 0.4) is 0 Å². The molecule has 0 radical (unpaired) electrons. The van der Waals surface area contributed by atoms with Crippen LogP contribution in [0.2, 0.25) is 10.0 Å². The zero-order valence-electron chi connectivity index (χ0n) is 21.5. The van der Waals surface area contributed by atoms with E-state index in [9.17, 15) is 10.1 Å². The molecule has 0 saturated carbocycles. The van der Waals surface area contributed by atoms with Crippen molar-refractivity contribution in [2.45, 2.75) is 45.6 Å². The highest BCUT2D eigenvalue weighted by Gasteiger charge is 2.41. The molecule has 0 saturated heterocycles. The van der Waals surface area contributed by atoms with Crippen LogP contribution >= 0.6 is 39.1 Å². The Kier molecular flexibility index (Phi) is 7.77. The second kappa shape index (κ2) is 11.1. The van der Waals surface area contributed by atoms with Crippen LogP contribution in [0.4, 0.5) is 5.69 Å². The molecule has 1 aliphatic heterocycles. The maximum atomic E-state index is 13.6. The zero-order chi connectivity index (χ0) is 27.8. The van der Waals surface area contributed by atoms with E-state index in [2.05, 4.69) is 28.1 Å². The van der Waals surface area contributed by atoms with Crippen molar-refractivity contribution >= 4 is 50.6 Å². The number of benzene rings is 3. The van der Waals surface area contributed by atoms with E-state index in [1.165, 1.54) is 0 Å². The van der Waals surface area contributed by atoms with E-state index >= 15 is 0 Å². The minimum Gasteiger partial charge on any atom is -0.489 e. The molecule has 5 nitrogen and oxygen atoms in total. The summed E-state index contributed by atoms with van der Waals surface area (Å²) in [6, 6.07) is 19.4. The van der Waals surface area contributed by atoms with E-state index in [1.807, 2.05) is 44.2 Å². The lowest BCUT2D eigenvalue weighted by Gasteiger charge is -2.40. The average Bonchev–Trinajstić information content (AvgIpc) is 2.91. The first-order valence-corrected chi connectivity index (χ1v) is 14.1. The molecule has 39 heavy (non-hydrogen) atoms. The van der Waals surface area contributed by atoms with Crippen molar-refractivity contribution in [1.82, 2.24) is 0 Å². The van der Waals surface area contributed by atoms with Crippen molar-refractivity contribution in [2.24, 2.45) is 5.73 Å². The molecule has 5 rings (SSSR count). The minimum absolute atomic E-state index is 0.0122. The first-order chi connectivity index (χ1) is 18.7. The van der Waals surface area contributed by atoms with E-state index in [-0.39, 0.29) is 11.6 Å². The lowest BCUT2D eigenvalue weighted by molar-refractivity contribution is -0.116. The largest absolute Gasteiger partial charge is 0.489 e. The lowest BCUT2D eigenvalue weighted by Crippen LogP contribution is -2.39. The van der Waals surface area contributed by atoms with Crippen molar-refractivity contribution < 1.29 is 9.53 Å². The number of anilines is 1. The molecule has 3 aromatic carbocycles. The van der Waals surface area contributed by atoms with Crippen LogP contribution in [-0.4, -0.2) is 5.78 Å². The van der Waals surface area contributed by atoms with Crippen LogP contribution in [0.5, 0.6) is 5.75 Å². The van der Waals surface area contributed by atoms with Gasteiger partial charge in [-0.3, -0.25) is 9.69 Å². The molecule has 1 atom stereocenters. The van der Waals surface area contributed by atoms with Gasteiger partial charge in [0.2, 0.25) is 0 Å². The number of hydrogen-bond acceptors (Lipinski definition) is 5. The Morgan fingerprint density at radius 2 is 1.87 bits per heavy atom. The van der Waals surface area contributed by atoms with Crippen molar-refractivity contribution in [3.8, 4) is 11.8 Å². The average molecular weight is 623 g/mol. The molecule has 1 unspecified atom stereocenters. The topological polar surface area (TPSA) is 79.3 Å². The highest BCUT2D eigenvalue weighted by atomic mass is 79.9. The van der Waals surface area contributed by atoms with Gasteiger partial charge < -0.3 is 10.5 Å². The first-order valence-electron chi connectivity index (χ1n) is 12.6. The third kappa shape index (κ3) is 5.07. The van der Waals surface area contributed by atoms with Crippen molar-refractivity contribution in [3.05, 3.63) is 114 Å². The van der Waals surface area contributed by atoms with Gasteiger partial charge in [-0.2, -0.15) is 5.26 Å². The summed E-state index contributed by atoms with van der Waals surface area (Å²) >= 11 is 16.4. The van der Waals surface area contributed by atoms with Gasteiger partial charge in [-0.1, -0.05) is 62.9 Å². The van der Waals surface area contributed by atoms with Gasteiger partial charge >= 0.3 is 0 Å². The molecule has 0 amide bonds. The summed E-state index contributed by atoms with van der Waals surface area (Å²) in [5.74, 6) is 0.437. The second-order valence-electron chi connectivity index (χ2n) is 9.77. The quantitative estimate of drug-likeness (QED) is 0.310. The summed E-state index contributed by atoms with van der Waals surface area (Å²) in [5, 5.41) is 11.1. The predicted octanol–water partition coefficient (Wildman–Crippen LogP) is 8.26. The maximum Gasteiger partial charge on any atom is 0.161 e. The number of allylic oxidation sites excluding steroid dienone is 3. The fourth-order valence-electron chi connectivity index (χ4n) is 5.44. The number of rotatable bonds is 5. The van der Waals surface area contributed by atoms with Crippen molar-refractivity contribution in [3.63, 3.8) is 0 Å². The smallest absolute Gasteiger partial charge is 0.161 e. The number of hydrogen-bond donors (Lipinski definition) is 1. The van der Waals surface area contributed by atoms with E-state index in [0.29, 0.717) is 52.7 Å². The summed E-state index contributed by atoms with van der Waals surface area (Å²) in [5.41, 5.74) is 12.8. The van der Waals surface area contributed by atoms with Gasteiger partial charge in [0.05, 0.1) is 33.3 Å². The first kappa shape index (κ1) is 27.3. The molecule has 0 aromatic heterocycles. The molecule has 0 bridgehead atoms. The van der Waals surface area contributed by atoms with Crippen LogP contribution in [0.1, 0.15) is 47.4 Å². The number of ether oxygens (including phenoxy) is 1. The Hall–Kier alpha value is -3.24. The SMILES string of the molecule is Cc1cc(COc2ccc(Br)cc2)c(C)c(C2C(C#N)=C(N)N(c3cccc(Cl)c3Cl)C3=C2C(=O)CCC3)c1. The predicted molar refractivity (Wildman–Crippen MR) is 159 cm³/mol. The van der Waals surface area contributed by atoms with Crippen LogP contribution < -0.4 is 15.4 Å². The summed E-state index contributed by atoms with van der Waals surface area (Å²) in [7, 11) is 0. The van der Waals surface area contributed by atoms with E-state index < -0.39 is 5.92 Å². The van der Waals surface area contributed by atoms with E-state index in [1.54, 1.807) is 23.1 Å². The monoisotopic (exact) mass is 621 g/mol. The minimum atomic E-state index is -0.585. The number of Topliss-reactive ketones (excluding diaryl/α,β-unsaturated/α-hetero) is 1. The molecule has 1 aliphatic carbocycles. The Labute approximate surface area is 246 Å². The molecular formula is C31H26BrCl2N3O2. The number of nitrogens with zero attached hydrogens (tertiary/aromatic N) is 2. The van der Waals surface area contributed by atoms with Gasteiger partial charge in [0, 0.05) is 22.2 Å². The van der Waals surface area contributed by atoms with Crippen LogP contribution in [0.15, 0.2) is 81.7 Å². The number of carbonyl (C=O) groups is 1. The lowest BCUT2D eigenvalue weighted by atomic mass is 9.73. The number of nitriles is 1. The summed E-state index contributed by atoms with van der Waals surface area (Å²) < 4.78 is 7.07. The zero-order valence-corrected chi connectivity index (χ0v) is 24.6. The maximum absolute atomic E-state index is 13.6. The molecule has 198 valence electrons. The third-order valence-electron chi connectivity index (χ3n) is 7.30. The van der Waals surface area contributed by atoms with Gasteiger partial charge in [0.1, 0.15) is 18.2 Å². The number of halogens is 3. The number of ketones is 1. The fourth-order valence-corrected chi connectivity index (χ4v) is 6.09. The standard InChI is InChI=1S/C31H26BrCl2N3O2/c1-17-13-19(16-39-21-11-9-20(32)10-12-21)18(2)22(14-17)28-23(15-35)31(36)37(25-6-4-8-27(38)29(25)28)26-7-3-5-24(33)30(26)34/h3,5,7,9-14,28H,4,6,8,16,36H2,1-2H3. The Morgan fingerprint density at radius 1 is 1.13 bits per heavy atom. The third-order valence-corrected chi connectivity index (χ3v) is 8.64. The normalized spacial score (nSPS) is 17.3. The van der Waals surface area contributed by atoms with Crippen molar-refractivity contribution in [2.75, 3.05) is 4.90 Å². The molecule has 2 N–H and O–H groups in total. The molecular weight excluding hydrogens is 597 g/mol. The summed E-state index contributed by atoms with van der Waals surface area (Å²) in [4.78, 5) is 15.3. The number of carbonyl (C=O) groups excluding carboxylic acids is 1. The van der Waals surface area contributed by atoms with Gasteiger partial charge in [-0.25, -0.2) is 0 Å². The van der Waals surface area contributed by atoms with Crippen LogP contribution in [-0.2, 0) is 11.4 Å². The molecule has 1 heterocycles. The molecule has 3 aromatic rings. The molecule has 0 fully saturated rings.